The summed E-state index contributed by atoms with van der Waals surface area (Å²) in [6.07, 6.45) is -1.02. The molecule has 1 amide bonds. The number of rotatable bonds is 1. The highest BCUT2D eigenvalue weighted by Crippen LogP contribution is 2.51. The average Bonchev–Trinajstić information content (AvgIpc) is 2.54. The van der Waals surface area contributed by atoms with Gasteiger partial charge >= 0.3 is 6.09 Å². The maximum Gasteiger partial charge on any atom is 0.413 e. The molecule has 1 heterocycles. The topological polar surface area (TPSA) is 52.9 Å². The monoisotopic (exact) mass is 382 g/mol. The maximum atomic E-state index is 14.7. The van der Waals surface area contributed by atoms with Gasteiger partial charge in [0.15, 0.2) is 5.17 Å². The molecule has 0 bridgehead atoms. The molecule has 4 nitrogen and oxygen atoms in total. The second-order valence-corrected chi connectivity index (χ2v) is 8.95. The zero-order chi connectivity index (χ0) is 19.1. The normalized spacial score (nSPS) is 28.9. The zero-order valence-corrected chi connectivity index (χ0v) is 16.0. The predicted molar refractivity (Wildman–Crippen MR) is 99.8 cm³/mol. The van der Waals surface area contributed by atoms with Crippen LogP contribution < -0.4 is 0 Å². The Hall–Kier alpha value is -1.63. The first-order valence-electron chi connectivity index (χ1n) is 8.80. The van der Waals surface area contributed by atoms with Crippen molar-refractivity contribution in [3.05, 3.63) is 35.6 Å². The molecule has 0 unspecified atom stereocenters. The van der Waals surface area contributed by atoms with Gasteiger partial charge in [-0.25, -0.2) is 13.6 Å². The number of aliphatic imine (C=N–C) groups is 1. The number of nitrogens with zero attached hydrogens (tertiary/aromatic N) is 2. The summed E-state index contributed by atoms with van der Waals surface area (Å²) in [5.74, 6) is -0.0112. The molecule has 1 aromatic carbocycles. The van der Waals surface area contributed by atoms with E-state index < -0.39 is 23.3 Å². The van der Waals surface area contributed by atoms with E-state index >= 15 is 0 Å². The number of benzene rings is 1. The Bertz CT molecular complexity index is 734. The maximum absolute atomic E-state index is 14.7. The third-order valence-electron chi connectivity index (χ3n) is 5.16. The van der Waals surface area contributed by atoms with E-state index in [2.05, 4.69) is 0 Å². The van der Waals surface area contributed by atoms with E-state index in [-0.39, 0.29) is 11.7 Å². The molecule has 26 heavy (non-hydrogen) atoms. The van der Waals surface area contributed by atoms with Crippen molar-refractivity contribution < 1.29 is 18.7 Å². The Labute approximate surface area is 156 Å². The number of halogens is 2. The largest absolute Gasteiger partial charge is 0.465 e. The zero-order valence-electron chi connectivity index (χ0n) is 15.2. The van der Waals surface area contributed by atoms with Crippen LogP contribution in [0.5, 0.6) is 0 Å². The first kappa shape index (κ1) is 19.1. The van der Waals surface area contributed by atoms with Gasteiger partial charge in [0.2, 0.25) is 0 Å². The van der Waals surface area contributed by atoms with Crippen molar-refractivity contribution in [2.45, 2.75) is 57.3 Å². The molecule has 3 atom stereocenters. The Morgan fingerprint density at radius 3 is 2.69 bits per heavy atom. The SMILES string of the molecule is CC(C)(C)N(C(=O)O)C1=N[C@@]2(c3ccccc3F)CC[C@H](F)C[C@H]2CS1. The Kier molecular flexibility index (Phi) is 5.03. The quantitative estimate of drug-likeness (QED) is 0.740. The molecule has 0 spiro atoms. The molecule has 1 saturated carbocycles. The highest BCUT2D eigenvalue weighted by Gasteiger charge is 2.50. The molecular formula is C19H24F2N2O2S. The van der Waals surface area contributed by atoms with E-state index in [1.807, 2.05) is 0 Å². The van der Waals surface area contributed by atoms with Crippen LogP contribution in [0.1, 0.15) is 45.6 Å². The molecule has 1 fully saturated rings. The summed E-state index contributed by atoms with van der Waals surface area (Å²) >= 11 is 1.32. The van der Waals surface area contributed by atoms with E-state index in [1.54, 1.807) is 39.0 Å². The van der Waals surface area contributed by atoms with Crippen LogP contribution in [0.2, 0.25) is 0 Å². The van der Waals surface area contributed by atoms with E-state index in [1.165, 1.54) is 22.7 Å². The van der Waals surface area contributed by atoms with Gasteiger partial charge in [0.05, 0.1) is 5.54 Å². The fourth-order valence-electron chi connectivity index (χ4n) is 3.93. The number of fused-ring (bicyclic) bond motifs is 1. The van der Waals surface area contributed by atoms with Crippen molar-refractivity contribution in [2.24, 2.45) is 10.9 Å². The molecule has 0 aromatic heterocycles. The van der Waals surface area contributed by atoms with Gasteiger partial charge in [0, 0.05) is 22.8 Å². The van der Waals surface area contributed by atoms with E-state index in [0.29, 0.717) is 35.7 Å². The van der Waals surface area contributed by atoms with Crippen LogP contribution in [-0.2, 0) is 5.54 Å². The van der Waals surface area contributed by atoms with Crippen LogP contribution in [-0.4, -0.2) is 38.7 Å². The number of alkyl halides is 1. The van der Waals surface area contributed by atoms with Crippen LogP contribution in [0.3, 0.4) is 0 Å². The number of hydrogen-bond donors (Lipinski definition) is 1. The lowest BCUT2D eigenvalue weighted by Gasteiger charge is -2.47. The van der Waals surface area contributed by atoms with Crippen molar-refractivity contribution in [3.8, 4) is 0 Å². The summed E-state index contributed by atoms with van der Waals surface area (Å²) in [5.41, 5.74) is -1.15. The molecule has 0 radical (unpaired) electrons. The van der Waals surface area contributed by atoms with Gasteiger partial charge in [-0.05, 0) is 46.1 Å². The minimum atomic E-state index is -1.09. The summed E-state index contributed by atoms with van der Waals surface area (Å²) in [4.78, 5) is 17.9. The summed E-state index contributed by atoms with van der Waals surface area (Å²) in [7, 11) is 0. The lowest BCUT2D eigenvalue weighted by Crippen LogP contribution is -2.52. The Morgan fingerprint density at radius 1 is 1.38 bits per heavy atom. The van der Waals surface area contributed by atoms with Gasteiger partial charge in [-0.1, -0.05) is 30.0 Å². The van der Waals surface area contributed by atoms with Crippen molar-refractivity contribution in [1.29, 1.82) is 0 Å². The van der Waals surface area contributed by atoms with Crippen molar-refractivity contribution >= 4 is 23.0 Å². The van der Waals surface area contributed by atoms with Crippen molar-refractivity contribution in [1.82, 2.24) is 4.90 Å². The van der Waals surface area contributed by atoms with Crippen LogP contribution in [0.25, 0.3) is 0 Å². The highest BCUT2D eigenvalue weighted by atomic mass is 32.2. The predicted octanol–water partition coefficient (Wildman–Crippen LogP) is 5.04. The molecule has 1 aliphatic heterocycles. The Balaban J connectivity index is 2.15. The van der Waals surface area contributed by atoms with Gasteiger partial charge in [0.25, 0.3) is 0 Å². The third-order valence-corrected chi connectivity index (χ3v) is 6.26. The summed E-state index contributed by atoms with van der Waals surface area (Å²) in [6, 6.07) is 6.45. The number of amides is 1. The van der Waals surface area contributed by atoms with Gasteiger partial charge in [-0.15, -0.1) is 0 Å². The summed E-state index contributed by atoms with van der Waals surface area (Å²) in [5, 5.41) is 10.1. The van der Waals surface area contributed by atoms with Crippen LogP contribution in [0, 0.1) is 11.7 Å². The molecule has 1 N–H and O–H groups in total. The minimum absolute atomic E-state index is 0.160. The highest BCUT2D eigenvalue weighted by molar-refractivity contribution is 8.13. The van der Waals surface area contributed by atoms with E-state index in [9.17, 15) is 18.7 Å². The lowest BCUT2D eigenvalue weighted by atomic mass is 9.69. The molecule has 142 valence electrons. The van der Waals surface area contributed by atoms with Gasteiger partial charge in [0.1, 0.15) is 12.0 Å². The van der Waals surface area contributed by atoms with Gasteiger partial charge in [-0.2, -0.15) is 0 Å². The number of thioether (sulfide) groups is 1. The summed E-state index contributed by atoms with van der Waals surface area (Å²) in [6.45, 7) is 5.39. The standard InChI is InChI=1S/C19H24F2N2O2S/c1-18(2,3)23(17(24)25)16-22-19(14-6-4-5-7-15(14)21)9-8-13(20)10-12(19)11-26-16/h4-7,12-13H,8-11H2,1-3H3,(H,24,25)/t12-,13-,19-/m0/s1. The van der Waals surface area contributed by atoms with E-state index in [0.717, 1.165) is 0 Å². The molecule has 3 rings (SSSR count). The molecule has 1 aromatic rings. The number of amidine groups is 1. The van der Waals surface area contributed by atoms with Crippen LogP contribution >= 0.6 is 11.8 Å². The fraction of sp³-hybridized carbons (Fsp3) is 0.579. The van der Waals surface area contributed by atoms with Gasteiger partial charge in [-0.3, -0.25) is 9.89 Å². The second-order valence-electron chi connectivity index (χ2n) is 7.97. The second kappa shape index (κ2) is 6.83. The number of carbonyl (C=O) groups is 1. The van der Waals surface area contributed by atoms with Crippen LogP contribution in [0.15, 0.2) is 29.3 Å². The smallest absolute Gasteiger partial charge is 0.413 e. The van der Waals surface area contributed by atoms with Gasteiger partial charge < -0.3 is 5.11 Å². The third kappa shape index (κ3) is 3.33. The van der Waals surface area contributed by atoms with Crippen molar-refractivity contribution in [2.75, 3.05) is 5.75 Å². The van der Waals surface area contributed by atoms with Crippen molar-refractivity contribution in [3.63, 3.8) is 0 Å². The van der Waals surface area contributed by atoms with Crippen LogP contribution in [0.4, 0.5) is 13.6 Å². The molecule has 1 aliphatic carbocycles. The molecule has 2 aliphatic rings. The van der Waals surface area contributed by atoms with E-state index in [4.69, 9.17) is 4.99 Å². The number of hydrogen-bond acceptors (Lipinski definition) is 3. The fourth-order valence-corrected chi connectivity index (χ4v) is 5.40. The minimum Gasteiger partial charge on any atom is -0.465 e. The molecule has 7 heteroatoms. The molecular weight excluding hydrogens is 358 g/mol. The lowest BCUT2D eigenvalue weighted by molar-refractivity contribution is 0.117. The first-order valence-corrected chi connectivity index (χ1v) is 9.78. The summed E-state index contributed by atoms with van der Waals surface area (Å²) < 4.78 is 28.7. The number of carboxylic acid groups (broad SMARTS) is 1. The average molecular weight is 382 g/mol. The Morgan fingerprint density at radius 2 is 2.08 bits per heavy atom. The first-order chi connectivity index (χ1) is 12.1. The molecule has 0 saturated heterocycles.